The molecule has 0 spiro atoms. The third-order valence-electron chi connectivity index (χ3n) is 6.41. The first-order valence-electron chi connectivity index (χ1n) is 11.2. The van der Waals surface area contributed by atoms with E-state index >= 15 is 0 Å². The Bertz CT molecular complexity index is 1370. The van der Waals surface area contributed by atoms with Gasteiger partial charge >= 0.3 is 0 Å². The van der Waals surface area contributed by atoms with Crippen LogP contribution in [0.15, 0.2) is 72.4 Å². The van der Waals surface area contributed by atoms with E-state index in [-0.39, 0.29) is 17.2 Å². The molecule has 0 bridgehead atoms. The summed E-state index contributed by atoms with van der Waals surface area (Å²) in [6, 6.07) is 19.4. The molecule has 3 aromatic carbocycles. The van der Waals surface area contributed by atoms with Gasteiger partial charge in [-0.2, -0.15) is 0 Å². The van der Waals surface area contributed by atoms with Crippen LogP contribution in [0.25, 0.3) is 5.57 Å². The number of nitrogens with zero attached hydrogens (tertiary/aromatic N) is 3. The molecule has 7 nitrogen and oxygen atoms in total. The third kappa shape index (κ3) is 3.46. The summed E-state index contributed by atoms with van der Waals surface area (Å²) in [6.45, 7) is 4.39. The molecule has 0 aromatic heterocycles. The summed E-state index contributed by atoms with van der Waals surface area (Å²) >= 11 is 0. The van der Waals surface area contributed by atoms with E-state index in [2.05, 4.69) is 0 Å². The zero-order valence-electron chi connectivity index (χ0n) is 18.9. The van der Waals surface area contributed by atoms with Crippen molar-refractivity contribution in [1.29, 1.82) is 0 Å². The molecule has 34 heavy (non-hydrogen) atoms. The first-order valence-corrected chi connectivity index (χ1v) is 11.2. The molecule has 0 aliphatic carbocycles. The largest absolute Gasteiger partial charge is 0.336 e. The SMILES string of the molecule is Cc1ccc(C)c(N2C(=O)C(c3ccc([N+](=O)[O-])cc3)=C(N3CCCc4ccccc43)C2=O)c1. The molecular formula is C27H23N3O4. The van der Waals surface area contributed by atoms with Gasteiger partial charge in [0.15, 0.2) is 0 Å². The zero-order valence-corrected chi connectivity index (χ0v) is 18.9. The van der Waals surface area contributed by atoms with Gasteiger partial charge in [-0.1, -0.05) is 30.3 Å². The van der Waals surface area contributed by atoms with Gasteiger partial charge in [0.1, 0.15) is 5.70 Å². The van der Waals surface area contributed by atoms with Gasteiger partial charge in [-0.25, -0.2) is 4.90 Å². The van der Waals surface area contributed by atoms with Crippen molar-refractivity contribution in [2.45, 2.75) is 26.7 Å². The number of fused-ring (bicyclic) bond motifs is 1. The molecule has 0 saturated heterocycles. The quantitative estimate of drug-likeness (QED) is 0.317. The van der Waals surface area contributed by atoms with Gasteiger partial charge < -0.3 is 4.90 Å². The Morgan fingerprint density at radius 2 is 1.62 bits per heavy atom. The predicted octanol–water partition coefficient (Wildman–Crippen LogP) is 4.95. The molecule has 0 atom stereocenters. The Hall–Kier alpha value is -4.26. The van der Waals surface area contributed by atoms with E-state index in [1.54, 1.807) is 12.1 Å². The number of hydrogen-bond acceptors (Lipinski definition) is 5. The number of nitro benzene ring substituents is 1. The zero-order chi connectivity index (χ0) is 24.0. The van der Waals surface area contributed by atoms with E-state index in [0.29, 0.717) is 23.5 Å². The number of amides is 2. The van der Waals surface area contributed by atoms with E-state index in [1.807, 2.05) is 61.2 Å². The number of aryl methyl sites for hydroxylation is 3. The molecule has 5 rings (SSSR count). The van der Waals surface area contributed by atoms with E-state index < -0.39 is 10.8 Å². The highest BCUT2D eigenvalue weighted by Gasteiger charge is 2.44. The molecule has 0 fully saturated rings. The average molecular weight is 453 g/mol. The summed E-state index contributed by atoms with van der Waals surface area (Å²) in [6.07, 6.45) is 1.74. The Morgan fingerprint density at radius 3 is 2.35 bits per heavy atom. The Balaban J connectivity index is 1.71. The lowest BCUT2D eigenvalue weighted by atomic mass is 9.98. The smallest absolute Gasteiger partial charge is 0.282 e. The standard InChI is InChI=1S/C27H23N3O4/c1-17-9-10-18(2)23(16-17)29-26(31)24(20-11-13-21(14-12-20)30(33)34)25(27(29)32)28-15-5-7-19-6-3-4-8-22(19)28/h3-4,6,8-14,16H,5,7,15H2,1-2H3. The topological polar surface area (TPSA) is 83.8 Å². The summed E-state index contributed by atoms with van der Waals surface area (Å²) in [7, 11) is 0. The van der Waals surface area contributed by atoms with Gasteiger partial charge in [0, 0.05) is 24.4 Å². The van der Waals surface area contributed by atoms with Crippen LogP contribution in [0.4, 0.5) is 17.1 Å². The van der Waals surface area contributed by atoms with Crippen molar-refractivity contribution < 1.29 is 14.5 Å². The molecule has 2 amide bonds. The highest BCUT2D eigenvalue weighted by molar-refractivity contribution is 6.46. The number of carbonyl (C=O) groups is 2. The van der Waals surface area contributed by atoms with Crippen LogP contribution in [-0.4, -0.2) is 23.3 Å². The van der Waals surface area contributed by atoms with E-state index in [1.165, 1.54) is 17.0 Å². The summed E-state index contributed by atoms with van der Waals surface area (Å²) in [5.74, 6) is -0.811. The van der Waals surface area contributed by atoms with Crippen LogP contribution in [0, 0.1) is 24.0 Å². The predicted molar refractivity (Wildman–Crippen MR) is 131 cm³/mol. The molecule has 0 unspecified atom stereocenters. The second-order valence-corrected chi connectivity index (χ2v) is 8.65. The maximum absolute atomic E-state index is 13.9. The van der Waals surface area contributed by atoms with Crippen molar-refractivity contribution in [3.8, 4) is 0 Å². The first kappa shape index (κ1) is 21.6. The molecule has 0 radical (unpaired) electrons. The van der Waals surface area contributed by atoms with Crippen molar-refractivity contribution >= 4 is 34.4 Å². The van der Waals surface area contributed by atoms with E-state index in [9.17, 15) is 19.7 Å². The van der Waals surface area contributed by atoms with Crippen molar-refractivity contribution in [3.05, 3.63) is 105 Å². The number of anilines is 2. The number of non-ortho nitro benzene ring substituents is 1. The fourth-order valence-electron chi connectivity index (χ4n) is 4.72. The molecule has 3 aromatic rings. The number of carbonyl (C=O) groups excluding carboxylic acids is 2. The molecule has 0 saturated carbocycles. The molecule has 2 aliphatic heterocycles. The van der Waals surface area contributed by atoms with Gasteiger partial charge in [0.2, 0.25) is 0 Å². The van der Waals surface area contributed by atoms with Crippen LogP contribution in [0.3, 0.4) is 0 Å². The summed E-state index contributed by atoms with van der Waals surface area (Å²) < 4.78 is 0. The monoisotopic (exact) mass is 453 g/mol. The van der Waals surface area contributed by atoms with Crippen LogP contribution in [0.1, 0.15) is 28.7 Å². The number of para-hydroxylation sites is 1. The van der Waals surface area contributed by atoms with Crippen molar-refractivity contribution in [1.82, 2.24) is 0 Å². The molecular weight excluding hydrogens is 430 g/mol. The number of nitro groups is 1. The highest BCUT2D eigenvalue weighted by Crippen LogP contribution is 2.40. The number of rotatable bonds is 4. The van der Waals surface area contributed by atoms with Crippen molar-refractivity contribution in [2.24, 2.45) is 0 Å². The molecule has 0 N–H and O–H groups in total. The Kier molecular flexibility index (Phi) is 5.24. The van der Waals surface area contributed by atoms with Gasteiger partial charge in [0.05, 0.1) is 16.2 Å². The van der Waals surface area contributed by atoms with Crippen LogP contribution >= 0.6 is 0 Å². The first-order chi connectivity index (χ1) is 16.4. The van der Waals surface area contributed by atoms with Gasteiger partial charge in [-0.3, -0.25) is 19.7 Å². The number of benzene rings is 3. The van der Waals surface area contributed by atoms with Gasteiger partial charge in [0.25, 0.3) is 17.5 Å². The minimum Gasteiger partial charge on any atom is -0.336 e. The minimum atomic E-state index is -0.482. The molecule has 2 aliphatic rings. The van der Waals surface area contributed by atoms with Crippen LogP contribution < -0.4 is 9.80 Å². The maximum Gasteiger partial charge on any atom is 0.282 e. The third-order valence-corrected chi connectivity index (χ3v) is 6.41. The fraction of sp³-hybridized carbons (Fsp3) is 0.185. The number of imide groups is 1. The number of hydrogen-bond donors (Lipinski definition) is 0. The van der Waals surface area contributed by atoms with Crippen molar-refractivity contribution in [2.75, 3.05) is 16.3 Å². The highest BCUT2D eigenvalue weighted by atomic mass is 16.6. The average Bonchev–Trinajstić information content (AvgIpc) is 3.10. The van der Waals surface area contributed by atoms with Crippen molar-refractivity contribution in [3.63, 3.8) is 0 Å². The molecule has 2 heterocycles. The van der Waals surface area contributed by atoms with Crippen LogP contribution in [0.2, 0.25) is 0 Å². The lowest BCUT2D eigenvalue weighted by Gasteiger charge is -2.32. The summed E-state index contributed by atoms with van der Waals surface area (Å²) in [4.78, 5) is 41.6. The lowest BCUT2D eigenvalue weighted by Crippen LogP contribution is -2.37. The van der Waals surface area contributed by atoms with E-state index in [4.69, 9.17) is 0 Å². The molecule has 170 valence electrons. The van der Waals surface area contributed by atoms with Crippen LogP contribution in [-0.2, 0) is 16.0 Å². The Labute approximate surface area is 197 Å². The minimum absolute atomic E-state index is 0.0719. The summed E-state index contributed by atoms with van der Waals surface area (Å²) in [5, 5.41) is 11.2. The second kappa shape index (κ2) is 8.26. The molecule has 7 heteroatoms. The summed E-state index contributed by atoms with van der Waals surface area (Å²) in [5.41, 5.74) is 5.32. The maximum atomic E-state index is 13.9. The van der Waals surface area contributed by atoms with E-state index in [0.717, 1.165) is 35.2 Å². The normalized spacial score (nSPS) is 15.7. The van der Waals surface area contributed by atoms with Gasteiger partial charge in [-0.15, -0.1) is 0 Å². The van der Waals surface area contributed by atoms with Gasteiger partial charge in [-0.05, 0) is 73.2 Å². The Morgan fingerprint density at radius 1 is 0.882 bits per heavy atom. The van der Waals surface area contributed by atoms with Crippen LogP contribution in [0.5, 0.6) is 0 Å². The lowest BCUT2D eigenvalue weighted by molar-refractivity contribution is -0.384. The fourth-order valence-corrected chi connectivity index (χ4v) is 4.72. The second-order valence-electron chi connectivity index (χ2n) is 8.65.